The summed E-state index contributed by atoms with van der Waals surface area (Å²) in [7, 11) is 0. The fourth-order valence-corrected chi connectivity index (χ4v) is 2.61. The van der Waals surface area contributed by atoms with Gasteiger partial charge in [-0.1, -0.05) is 58.9 Å². The second kappa shape index (κ2) is 8.83. The zero-order valence-corrected chi connectivity index (χ0v) is 16.6. The molecule has 144 valence electrons. The van der Waals surface area contributed by atoms with Crippen molar-refractivity contribution >= 4 is 17.7 Å². The highest BCUT2D eigenvalue weighted by Crippen LogP contribution is 2.22. The molecular weight excluding hydrogens is 330 g/mol. The van der Waals surface area contributed by atoms with Gasteiger partial charge in [-0.2, -0.15) is 0 Å². The van der Waals surface area contributed by atoms with E-state index in [4.69, 9.17) is 5.73 Å². The van der Waals surface area contributed by atoms with Gasteiger partial charge in [0.15, 0.2) is 0 Å². The minimum Gasteiger partial charge on any atom is -0.368 e. The SMILES string of the molecule is CC(=O)N[C@@H](C(=O)N[C@H](Cc1ccc(C(C)(C)C)cc1)C(N)=O)C(C)C. The average molecular weight is 361 g/mol. The summed E-state index contributed by atoms with van der Waals surface area (Å²) in [5.41, 5.74) is 7.60. The molecule has 1 aromatic carbocycles. The molecule has 0 spiro atoms. The average Bonchev–Trinajstić information content (AvgIpc) is 2.50. The van der Waals surface area contributed by atoms with Crippen LogP contribution in [0.2, 0.25) is 0 Å². The van der Waals surface area contributed by atoms with Gasteiger partial charge in [0.2, 0.25) is 17.7 Å². The molecule has 4 N–H and O–H groups in total. The smallest absolute Gasteiger partial charge is 0.243 e. The van der Waals surface area contributed by atoms with E-state index in [1.165, 1.54) is 12.5 Å². The van der Waals surface area contributed by atoms with Gasteiger partial charge in [-0.15, -0.1) is 0 Å². The third-order valence-electron chi connectivity index (χ3n) is 4.23. The Morgan fingerprint density at radius 2 is 1.58 bits per heavy atom. The maximum Gasteiger partial charge on any atom is 0.243 e. The number of hydrogen-bond donors (Lipinski definition) is 3. The molecule has 0 aliphatic rings. The molecule has 26 heavy (non-hydrogen) atoms. The summed E-state index contributed by atoms with van der Waals surface area (Å²) < 4.78 is 0. The first-order chi connectivity index (χ1) is 11.9. The van der Waals surface area contributed by atoms with Gasteiger partial charge in [-0.3, -0.25) is 14.4 Å². The molecule has 1 rings (SSSR count). The maximum absolute atomic E-state index is 12.5. The van der Waals surface area contributed by atoms with Crippen LogP contribution in [-0.2, 0) is 26.2 Å². The van der Waals surface area contributed by atoms with Crippen molar-refractivity contribution in [1.82, 2.24) is 10.6 Å². The van der Waals surface area contributed by atoms with E-state index in [-0.39, 0.29) is 17.2 Å². The van der Waals surface area contributed by atoms with E-state index in [1.807, 2.05) is 38.1 Å². The monoisotopic (exact) mass is 361 g/mol. The van der Waals surface area contributed by atoms with Crippen molar-refractivity contribution in [2.75, 3.05) is 0 Å². The fraction of sp³-hybridized carbons (Fsp3) is 0.550. The quantitative estimate of drug-likeness (QED) is 0.688. The first kappa shape index (κ1) is 21.7. The standard InChI is InChI=1S/C20H31N3O3/c1-12(2)17(22-13(3)24)19(26)23-16(18(21)25)11-14-7-9-15(10-8-14)20(4,5)6/h7-10,12,16-17H,11H2,1-6H3,(H2,21,25)(H,22,24)(H,23,26)/t16-,17-/m1/s1. The highest BCUT2D eigenvalue weighted by Gasteiger charge is 2.27. The van der Waals surface area contributed by atoms with Crippen LogP contribution in [0.25, 0.3) is 0 Å². The number of rotatable bonds is 7. The van der Waals surface area contributed by atoms with Crippen LogP contribution in [0.1, 0.15) is 52.7 Å². The van der Waals surface area contributed by atoms with Gasteiger partial charge in [0.25, 0.3) is 0 Å². The summed E-state index contributed by atoms with van der Waals surface area (Å²) in [6, 6.07) is 6.37. The van der Waals surface area contributed by atoms with Crippen molar-refractivity contribution in [3.63, 3.8) is 0 Å². The minimum atomic E-state index is -0.835. The topological polar surface area (TPSA) is 101 Å². The maximum atomic E-state index is 12.5. The molecule has 0 heterocycles. The largest absolute Gasteiger partial charge is 0.368 e. The Kier molecular flexibility index (Phi) is 7.36. The Morgan fingerprint density at radius 3 is 1.96 bits per heavy atom. The van der Waals surface area contributed by atoms with E-state index in [9.17, 15) is 14.4 Å². The molecule has 6 heteroatoms. The number of hydrogen-bond acceptors (Lipinski definition) is 3. The lowest BCUT2D eigenvalue weighted by Gasteiger charge is -2.24. The fourth-order valence-electron chi connectivity index (χ4n) is 2.61. The molecular formula is C20H31N3O3. The molecule has 1 aromatic rings. The highest BCUT2D eigenvalue weighted by molar-refractivity contribution is 5.91. The molecule has 3 amide bonds. The lowest BCUT2D eigenvalue weighted by Crippen LogP contribution is -2.55. The molecule has 0 bridgehead atoms. The van der Waals surface area contributed by atoms with Gasteiger partial charge in [0, 0.05) is 13.3 Å². The van der Waals surface area contributed by atoms with Gasteiger partial charge in [-0.25, -0.2) is 0 Å². The van der Waals surface area contributed by atoms with E-state index in [0.717, 1.165) is 5.56 Å². The molecule has 0 aromatic heterocycles. The second-order valence-corrected chi connectivity index (χ2v) is 8.04. The zero-order chi connectivity index (χ0) is 20.1. The van der Waals surface area contributed by atoms with Gasteiger partial charge in [0.1, 0.15) is 12.1 Å². The molecule has 0 aliphatic heterocycles. The molecule has 2 atom stereocenters. The predicted octanol–water partition coefficient (Wildman–Crippen LogP) is 1.66. The van der Waals surface area contributed by atoms with Crippen LogP contribution in [-0.4, -0.2) is 29.8 Å². The first-order valence-electron chi connectivity index (χ1n) is 8.88. The van der Waals surface area contributed by atoms with Crippen LogP contribution in [0.5, 0.6) is 0 Å². The number of amides is 3. The number of nitrogens with two attached hydrogens (primary N) is 1. The Labute approximate surface area is 155 Å². The summed E-state index contributed by atoms with van der Waals surface area (Å²) in [5, 5.41) is 5.28. The summed E-state index contributed by atoms with van der Waals surface area (Å²) >= 11 is 0. The number of nitrogens with one attached hydrogen (secondary N) is 2. The lowest BCUT2D eigenvalue weighted by atomic mass is 9.86. The molecule has 0 saturated carbocycles. The van der Waals surface area contributed by atoms with Crippen molar-refractivity contribution in [1.29, 1.82) is 0 Å². The Hall–Kier alpha value is -2.37. The Bertz CT molecular complexity index is 645. The van der Waals surface area contributed by atoms with E-state index >= 15 is 0 Å². The zero-order valence-electron chi connectivity index (χ0n) is 16.6. The van der Waals surface area contributed by atoms with E-state index in [1.54, 1.807) is 0 Å². The number of carbonyl (C=O) groups excluding carboxylic acids is 3. The van der Waals surface area contributed by atoms with Gasteiger partial charge in [0.05, 0.1) is 0 Å². The lowest BCUT2D eigenvalue weighted by molar-refractivity contribution is -0.131. The van der Waals surface area contributed by atoms with Crippen molar-refractivity contribution in [3.8, 4) is 0 Å². The van der Waals surface area contributed by atoms with Gasteiger partial charge < -0.3 is 16.4 Å². The van der Waals surface area contributed by atoms with Crippen molar-refractivity contribution in [3.05, 3.63) is 35.4 Å². The van der Waals surface area contributed by atoms with Crippen LogP contribution in [0, 0.1) is 5.92 Å². The van der Waals surface area contributed by atoms with E-state index in [0.29, 0.717) is 6.42 Å². The molecule has 0 unspecified atom stereocenters. The third kappa shape index (κ3) is 6.50. The van der Waals surface area contributed by atoms with Crippen LogP contribution in [0.15, 0.2) is 24.3 Å². The van der Waals surface area contributed by atoms with E-state index in [2.05, 4.69) is 31.4 Å². The van der Waals surface area contributed by atoms with Gasteiger partial charge in [-0.05, 0) is 22.5 Å². The molecule has 0 saturated heterocycles. The third-order valence-corrected chi connectivity index (χ3v) is 4.23. The first-order valence-corrected chi connectivity index (χ1v) is 8.88. The van der Waals surface area contributed by atoms with Crippen molar-refractivity contribution in [2.24, 2.45) is 11.7 Å². The molecule has 0 fully saturated rings. The Balaban J connectivity index is 2.87. The summed E-state index contributed by atoms with van der Waals surface area (Å²) in [4.78, 5) is 35.6. The normalized spacial score (nSPS) is 13.8. The summed E-state index contributed by atoms with van der Waals surface area (Å²) in [6.45, 7) is 11.4. The predicted molar refractivity (Wildman–Crippen MR) is 102 cm³/mol. The van der Waals surface area contributed by atoms with Crippen LogP contribution in [0.3, 0.4) is 0 Å². The van der Waals surface area contributed by atoms with Crippen LogP contribution >= 0.6 is 0 Å². The molecule has 0 radical (unpaired) electrons. The number of benzene rings is 1. The number of primary amides is 1. The number of carbonyl (C=O) groups is 3. The summed E-state index contributed by atoms with van der Waals surface area (Å²) in [5.74, 6) is -1.43. The van der Waals surface area contributed by atoms with Crippen LogP contribution < -0.4 is 16.4 Å². The van der Waals surface area contributed by atoms with Crippen LogP contribution in [0.4, 0.5) is 0 Å². The Morgan fingerprint density at radius 1 is 1.04 bits per heavy atom. The second-order valence-electron chi connectivity index (χ2n) is 8.04. The van der Waals surface area contributed by atoms with Gasteiger partial charge >= 0.3 is 0 Å². The highest BCUT2D eigenvalue weighted by atomic mass is 16.2. The van der Waals surface area contributed by atoms with Crippen molar-refractivity contribution in [2.45, 2.75) is 65.5 Å². The summed E-state index contributed by atoms with van der Waals surface area (Å²) in [6.07, 6.45) is 0.302. The molecule has 0 aliphatic carbocycles. The molecule has 6 nitrogen and oxygen atoms in total. The van der Waals surface area contributed by atoms with E-state index < -0.39 is 23.9 Å². The van der Waals surface area contributed by atoms with Crippen molar-refractivity contribution < 1.29 is 14.4 Å². The minimum absolute atomic E-state index is 0.0404.